The molecular weight excluding hydrogens is 330 g/mol. The fourth-order valence-corrected chi connectivity index (χ4v) is 3.52. The first kappa shape index (κ1) is 16.5. The van der Waals surface area contributed by atoms with Gasteiger partial charge in [0.2, 0.25) is 6.43 Å². The van der Waals surface area contributed by atoms with Crippen molar-refractivity contribution in [1.82, 2.24) is 4.37 Å². The molecule has 3 aromatic rings. The highest BCUT2D eigenvalue weighted by Gasteiger charge is 2.23. The maximum Gasteiger partial charge on any atom is 0.259 e. The summed E-state index contributed by atoms with van der Waals surface area (Å²) in [4.78, 5) is 14.3. The zero-order valence-corrected chi connectivity index (χ0v) is 13.9. The van der Waals surface area contributed by atoms with Gasteiger partial charge < -0.3 is 0 Å². The van der Waals surface area contributed by atoms with E-state index in [1.54, 1.807) is 41.3 Å². The highest BCUT2D eigenvalue weighted by atomic mass is 32.1. The molecule has 0 unspecified atom stereocenters. The summed E-state index contributed by atoms with van der Waals surface area (Å²) in [6.07, 6.45) is -2.79. The number of nitrogens with zero attached hydrogens (tertiary/aromatic N) is 2. The molecule has 2 aromatic carbocycles. The summed E-state index contributed by atoms with van der Waals surface area (Å²) in [5, 5.41) is 0.647. The summed E-state index contributed by atoms with van der Waals surface area (Å²) >= 11 is 1.22. The number of fused-ring (bicyclic) bond motifs is 1. The largest absolute Gasteiger partial charge is 0.292 e. The van der Waals surface area contributed by atoms with Crippen molar-refractivity contribution >= 4 is 33.3 Å². The van der Waals surface area contributed by atoms with Gasteiger partial charge in [-0.2, -0.15) is 4.37 Å². The van der Waals surface area contributed by atoms with Crippen LogP contribution in [0.5, 0.6) is 0 Å². The smallest absolute Gasteiger partial charge is 0.259 e. The molecule has 24 heavy (non-hydrogen) atoms. The number of hydrogen-bond donors (Lipinski definition) is 0. The number of carbonyl (C=O) groups is 1. The van der Waals surface area contributed by atoms with Crippen molar-refractivity contribution in [1.29, 1.82) is 0 Å². The molecule has 3 rings (SSSR count). The first-order chi connectivity index (χ1) is 11.6. The van der Waals surface area contributed by atoms with E-state index >= 15 is 0 Å². The average Bonchev–Trinajstić information content (AvgIpc) is 3.01. The Morgan fingerprint density at radius 3 is 2.58 bits per heavy atom. The summed E-state index contributed by atoms with van der Waals surface area (Å²) in [6, 6.07) is 14.2. The number of alkyl halides is 2. The SMILES string of the molecule is CCN(C(=O)c1ccccc1)c1nsc2cccc(CC(F)F)c12. The minimum Gasteiger partial charge on any atom is -0.292 e. The van der Waals surface area contributed by atoms with Gasteiger partial charge in [0.25, 0.3) is 5.91 Å². The molecule has 0 aliphatic carbocycles. The van der Waals surface area contributed by atoms with E-state index in [0.717, 1.165) is 4.70 Å². The minimum absolute atomic E-state index is 0.183. The maximum atomic E-state index is 12.9. The number of anilines is 1. The van der Waals surface area contributed by atoms with Crippen molar-refractivity contribution in [3.8, 4) is 0 Å². The van der Waals surface area contributed by atoms with E-state index in [0.29, 0.717) is 28.9 Å². The molecule has 6 heteroatoms. The second kappa shape index (κ2) is 7.05. The molecule has 0 bridgehead atoms. The molecule has 0 atom stereocenters. The van der Waals surface area contributed by atoms with Gasteiger partial charge >= 0.3 is 0 Å². The predicted octanol–water partition coefficient (Wildman–Crippen LogP) is 4.77. The van der Waals surface area contributed by atoms with Crippen molar-refractivity contribution in [3.63, 3.8) is 0 Å². The Balaban J connectivity index is 2.08. The molecule has 1 heterocycles. The summed E-state index contributed by atoms with van der Waals surface area (Å²) in [7, 11) is 0. The molecule has 3 nitrogen and oxygen atoms in total. The number of aromatic nitrogens is 1. The average molecular weight is 346 g/mol. The number of hydrogen-bond acceptors (Lipinski definition) is 3. The standard InChI is InChI=1S/C18H16F2N2OS/c1-2-22(18(23)12-7-4-3-5-8-12)17-16-13(11-15(19)20)9-6-10-14(16)24-21-17/h3-10,15H,2,11H2,1H3. The van der Waals surface area contributed by atoms with E-state index < -0.39 is 6.43 Å². The maximum absolute atomic E-state index is 12.9. The summed E-state index contributed by atoms with van der Waals surface area (Å²) in [6.45, 7) is 2.26. The Bertz CT molecular complexity index is 849. The third kappa shape index (κ3) is 3.14. The van der Waals surface area contributed by atoms with Crippen LogP contribution in [0.3, 0.4) is 0 Å². The topological polar surface area (TPSA) is 33.2 Å². The molecule has 0 spiro atoms. The Labute approximate surface area is 142 Å². The second-order valence-electron chi connectivity index (χ2n) is 5.31. The third-order valence-electron chi connectivity index (χ3n) is 3.78. The number of halogens is 2. The number of benzene rings is 2. The van der Waals surface area contributed by atoms with Gasteiger partial charge in [0.05, 0.1) is 4.70 Å². The van der Waals surface area contributed by atoms with Gasteiger partial charge in [-0.15, -0.1) is 0 Å². The Kier molecular flexibility index (Phi) is 4.85. The van der Waals surface area contributed by atoms with Crippen LogP contribution in [-0.4, -0.2) is 23.3 Å². The number of amides is 1. The van der Waals surface area contributed by atoms with Crippen LogP contribution >= 0.6 is 11.5 Å². The quantitative estimate of drug-likeness (QED) is 0.667. The third-order valence-corrected chi connectivity index (χ3v) is 4.58. The lowest BCUT2D eigenvalue weighted by atomic mass is 10.1. The van der Waals surface area contributed by atoms with Gasteiger partial charge in [-0.25, -0.2) is 8.78 Å². The van der Waals surface area contributed by atoms with Gasteiger partial charge in [0.1, 0.15) is 0 Å². The molecular formula is C18H16F2N2OS. The van der Waals surface area contributed by atoms with Crippen molar-refractivity contribution in [2.45, 2.75) is 19.8 Å². The predicted molar refractivity (Wildman–Crippen MR) is 93.1 cm³/mol. The number of carbonyl (C=O) groups excluding carboxylic acids is 1. The van der Waals surface area contributed by atoms with E-state index in [-0.39, 0.29) is 12.3 Å². The van der Waals surface area contributed by atoms with E-state index in [2.05, 4.69) is 4.37 Å². The van der Waals surface area contributed by atoms with Crippen LogP contribution in [0, 0.1) is 0 Å². The van der Waals surface area contributed by atoms with Gasteiger partial charge in [-0.05, 0) is 42.2 Å². The van der Waals surface area contributed by atoms with Gasteiger partial charge in [0.15, 0.2) is 5.82 Å². The summed E-state index contributed by atoms with van der Waals surface area (Å²) < 4.78 is 31.0. The highest BCUT2D eigenvalue weighted by molar-refractivity contribution is 7.13. The van der Waals surface area contributed by atoms with E-state index in [1.165, 1.54) is 11.5 Å². The lowest BCUT2D eigenvalue weighted by Gasteiger charge is -2.20. The van der Waals surface area contributed by atoms with Crippen LogP contribution in [0.25, 0.3) is 10.1 Å². The van der Waals surface area contributed by atoms with E-state index in [4.69, 9.17) is 0 Å². The molecule has 0 N–H and O–H groups in total. The molecule has 0 saturated heterocycles. The Hall–Kier alpha value is -2.34. The molecule has 1 aromatic heterocycles. The lowest BCUT2D eigenvalue weighted by Crippen LogP contribution is -2.31. The van der Waals surface area contributed by atoms with Crippen molar-refractivity contribution in [3.05, 3.63) is 59.7 Å². The molecule has 0 saturated carbocycles. The Morgan fingerprint density at radius 2 is 1.92 bits per heavy atom. The van der Waals surface area contributed by atoms with Gasteiger partial charge in [-0.1, -0.05) is 30.3 Å². The lowest BCUT2D eigenvalue weighted by molar-refractivity contribution is 0.0988. The highest BCUT2D eigenvalue weighted by Crippen LogP contribution is 2.34. The molecule has 0 radical (unpaired) electrons. The monoisotopic (exact) mass is 346 g/mol. The summed E-state index contributed by atoms with van der Waals surface area (Å²) in [5.74, 6) is 0.278. The van der Waals surface area contributed by atoms with Crippen LogP contribution < -0.4 is 4.90 Å². The molecule has 1 amide bonds. The van der Waals surface area contributed by atoms with Gasteiger partial charge in [-0.3, -0.25) is 9.69 Å². The van der Waals surface area contributed by atoms with Crippen molar-refractivity contribution in [2.75, 3.05) is 11.4 Å². The Morgan fingerprint density at radius 1 is 1.17 bits per heavy atom. The number of rotatable bonds is 5. The van der Waals surface area contributed by atoms with Gasteiger partial charge in [0, 0.05) is 23.9 Å². The zero-order chi connectivity index (χ0) is 17.1. The van der Waals surface area contributed by atoms with Crippen LogP contribution in [-0.2, 0) is 6.42 Å². The van der Waals surface area contributed by atoms with Crippen LogP contribution in [0.15, 0.2) is 48.5 Å². The van der Waals surface area contributed by atoms with Crippen molar-refractivity contribution in [2.24, 2.45) is 0 Å². The molecule has 0 aliphatic rings. The van der Waals surface area contributed by atoms with Crippen LogP contribution in [0.2, 0.25) is 0 Å². The molecule has 0 aliphatic heterocycles. The normalized spacial score (nSPS) is 11.2. The van der Waals surface area contributed by atoms with E-state index in [1.807, 2.05) is 19.1 Å². The van der Waals surface area contributed by atoms with Crippen LogP contribution in [0.1, 0.15) is 22.8 Å². The van der Waals surface area contributed by atoms with Crippen LogP contribution in [0.4, 0.5) is 14.6 Å². The molecule has 0 fully saturated rings. The van der Waals surface area contributed by atoms with Crippen molar-refractivity contribution < 1.29 is 13.6 Å². The second-order valence-corrected chi connectivity index (χ2v) is 6.11. The minimum atomic E-state index is -2.44. The first-order valence-corrected chi connectivity index (χ1v) is 8.41. The van der Waals surface area contributed by atoms with E-state index in [9.17, 15) is 13.6 Å². The fourth-order valence-electron chi connectivity index (χ4n) is 2.69. The molecule has 124 valence electrons. The zero-order valence-electron chi connectivity index (χ0n) is 13.1. The first-order valence-electron chi connectivity index (χ1n) is 7.64. The fraction of sp³-hybridized carbons (Fsp3) is 0.222. The summed E-state index contributed by atoms with van der Waals surface area (Å²) in [5.41, 5.74) is 1.07.